The molecule has 0 aliphatic carbocycles. The van der Waals surface area contributed by atoms with Gasteiger partial charge in [-0.25, -0.2) is 14.4 Å². The van der Waals surface area contributed by atoms with Gasteiger partial charge >= 0.3 is 0 Å². The molecule has 1 N–H and O–H groups in total. The summed E-state index contributed by atoms with van der Waals surface area (Å²) in [6.45, 7) is 2.79. The van der Waals surface area contributed by atoms with Gasteiger partial charge in [0.15, 0.2) is 0 Å². The van der Waals surface area contributed by atoms with E-state index in [0.29, 0.717) is 11.2 Å². The van der Waals surface area contributed by atoms with Crippen LogP contribution in [0.25, 0.3) is 10.9 Å². The number of ether oxygens (including phenoxy) is 1. The number of nitrogens with zero attached hydrogens (tertiary/aromatic N) is 2. The molecule has 0 radical (unpaired) electrons. The van der Waals surface area contributed by atoms with Crippen molar-refractivity contribution < 1.29 is 9.13 Å². The first kappa shape index (κ1) is 17.6. The van der Waals surface area contributed by atoms with Gasteiger partial charge in [-0.15, -0.1) is 11.8 Å². The Morgan fingerprint density at radius 1 is 1.16 bits per heavy atom. The van der Waals surface area contributed by atoms with Crippen LogP contribution < -0.4 is 5.32 Å². The average molecular weight is 357 g/mol. The number of fused-ring (bicyclic) bond motifs is 1. The van der Waals surface area contributed by atoms with Gasteiger partial charge in [-0.2, -0.15) is 0 Å². The average Bonchev–Trinajstić information content (AvgIpc) is 2.63. The monoisotopic (exact) mass is 357 g/mol. The number of nitrogens with one attached hydrogen (secondary N) is 1. The predicted octanol–water partition coefficient (Wildman–Crippen LogP) is 4.68. The predicted molar refractivity (Wildman–Crippen MR) is 101 cm³/mol. The molecular weight excluding hydrogens is 337 g/mol. The Balaban J connectivity index is 1.74. The first-order valence-electron chi connectivity index (χ1n) is 8.06. The highest BCUT2D eigenvalue weighted by atomic mass is 32.2. The number of benzene rings is 2. The molecule has 0 saturated heterocycles. The van der Waals surface area contributed by atoms with Gasteiger partial charge in [0.25, 0.3) is 0 Å². The van der Waals surface area contributed by atoms with E-state index in [1.54, 1.807) is 24.9 Å². The summed E-state index contributed by atoms with van der Waals surface area (Å²) in [5.41, 5.74) is 1.86. The fourth-order valence-electron chi connectivity index (χ4n) is 2.53. The SMILES string of the molecule is COCCSc1ccc(C(C)Nc2ncnc3ccc(F)cc23)cc1. The molecule has 2 aromatic carbocycles. The Kier molecular flexibility index (Phi) is 5.83. The maximum absolute atomic E-state index is 13.6. The minimum Gasteiger partial charge on any atom is -0.384 e. The fourth-order valence-corrected chi connectivity index (χ4v) is 3.34. The molecule has 0 spiro atoms. The molecule has 1 atom stereocenters. The molecular formula is C19H20FN3OS. The largest absolute Gasteiger partial charge is 0.384 e. The van der Waals surface area contributed by atoms with Crippen LogP contribution in [-0.4, -0.2) is 29.4 Å². The lowest BCUT2D eigenvalue weighted by atomic mass is 10.1. The van der Waals surface area contributed by atoms with Crippen LogP contribution in [0.2, 0.25) is 0 Å². The van der Waals surface area contributed by atoms with Crippen molar-refractivity contribution in [2.75, 3.05) is 24.8 Å². The zero-order valence-electron chi connectivity index (χ0n) is 14.2. The Bertz CT molecular complexity index is 842. The fraction of sp³-hybridized carbons (Fsp3) is 0.263. The summed E-state index contributed by atoms with van der Waals surface area (Å²) in [6.07, 6.45) is 1.49. The van der Waals surface area contributed by atoms with E-state index in [-0.39, 0.29) is 11.9 Å². The van der Waals surface area contributed by atoms with Crippen molar-refractivity contribution in [2.45, 2.75) is 17.9 Å². The topological polar surface area (TPSA) is 47.0 Å². The third-order valence-corrected chi connectivity index (χ3v) is 4.86. The minimum atomic E-state index is -0.296. The van der Waals surface area contributed by atoms with Crippen molar-refractivity contribution in [2.24, 2.45) is 0 Å². The van der Waals surface area contributed by atoms with Crippen LogP contribution in [0.1, 0.15) is 18.5 Å². The molecule has 25 heavy (non-hydrogen) atoms. The minimum absolute atomic E-state index is 0.0411. The zero-order chi connectivity index (χ0) is 17.6. The molecule has 1 heterocycles. The first-order chi connectivity index (χ1) is 12.2. The van der Waals surface area contributed by atoms with Gasteiger partial charge in [0.1, 0.15) is 18.0 Å². The number of rotatable bonds is 7. The zero-order valence-corrected chi connectivity index (χ0v) is 15.0. The lowest BCUT2D eigenvalue weighted by Crippen LogP contribution is -2.08. The second-order valence-electron chi connectivity index (χ2n) is 5.66. The quantitative estimate of drug-likeness (QED) is 0.491. The Morgan fingerprint density at radius 3 is 2.72 bits per heavy atom. The van der Waals surface area contributed by atoms with Crippen molar-refractivity contribution in [3.05, 3.63) is 60.2 Å². The van der Waals surface area contributed by atoms with E-state index in [1.807, 2.05) is 0 Å². The normalized spacial score (nSPS) is 12.3. The summed E-state index contributed by atoms with van der Waals surface area (Å²) in [6, 6.07) is 13.0. The summed E-state index contributed by atoms with van der Waals surface area (Å²) < 4.78 is 18.6. The number of thioether (sulfide) groups is 1. The highest BCUT2D eigenvalue weighted by Crippen LogP contribution is 2.26. The van der Waals surface area contributed by atoms with Gasteiger partial charge in [-0.1, -0.05) is 12.1 Å². The molecule has 4 nitrogen and oxygen atoms in total. The van der Waals surface area contributed by atoms with Gasteiger partial charge < -0.3 is 10.1 Å². The van der Waals surface area contributed by atoms with E-state index in [4.69, 9.17) is 4.74 Å². The lowest BCUT2D eigenvalue weighted by Gasteiger charge is -2.16. The van der Waals surface area contributed by atoms with Crippen LogP contribution in [0.5, 0.6) is 0 Å². The summed E-state index contributed by atoms with van der Waals surface area (Å²) in [5.74, 6) is 1.27. The van der Waals surface area contributed by atoms with E-state index in [0.717, 1.165) is 23.4 Å². The van der Waals surface area contributed by atoms with Crippen LogP contribution in [-0.2, 0) is 4.74 Å². The summed E-state index contributed by atoms with van der Waals surface area (Å²) in [4.78, 5) is 9.66. The number of aromatic nitrogens is 2. The van der Waals surface area contributed by atoms with Gasteiger partial charge in [0.05, 0.1) is 12.1 Å². The van der Waals surface area contributed by atoms with Crippen molar-refractivity contribution in [3.8, 4) is 0 Å². The smallest absolute Gasteiger partial charge is 0.137 e. The van der Waals surface area contributed by atoms with Crippen LogP contribution >= 0.6 is 11.8 Å². The number of anilines is 1. The standard InChI is InChI=1S/C19H20FN3OS/c1-13(14-3-6-16(7-4-14)25-10-9-24-2)23-19-17-11-15(20)5-8-18(17)21-12-22-19/h3-8,11-13H,9-10H2,1-2H3,(H,21,22,23). The van der Waals surface area contributed by atoms with E-state index in [2.05, 4.69) is 46.5 Å². The lowest BCUT2D eigenvalue weighted by molar-refractivity contribution is 0.218. The van der Waals surface area contributed by atoms with Crippen molar-refractivity contribution in [3.63, 3.8) is 0 Å². The second-order valence-corrected chi connectivity index (χ2v) is 6.83. The Labute approximate surface area is 150 Å². The molecule has 3 rings (SSSR count). The van der Waals surface area contributed by atoms with Crippen LogP contribution in [0.3, 0.4) is 0 Å². The van der Waals surface area contributed by atoms with E-state index in [1.165, 1.54) is 23.4 Å². The van der Waals surface area contributed by atoms with Gasteiger partial charge in [0.2, 0.25) is 0 Å². The number of methoxy groups -OCH3 is 1. The molecule has 6 heteroatoms. The molecule has 0 amide bonds. The molecule has 3 aromatic rings. The molecule has 0 aliphatic heterocycles. The number of hydrogen-bond acceptors (Lipinski definition) is 5. The van der Waals surface area contributed by atoms with E-state index < -0.39 is 0 Å². The number of hydrogen-bond donors (Lipinski definition) is 1. The van der Waals surface area contributed by atoms with Crippen molar-refractivity contribution in [1.82, 2.24) is 9.97 Å². The third-order valence-electron chi connectivity index (χ3n) is 3.89. The van der Waals surface area contributed by atoms with E-state index in [9.17, 15) is 4.39 Å². The highest BCUT2D eigenvalue weighted by Gasteiger charge is 2.10. The highest BCUT2D eigenvalue weighted by molar-refractivity contribution is 7.99. The van der Waals surface area contributed by atoms with Crippen LogP contribution in [0.15, 0.2) is 53.7 Å². The van der Waals surface area contributed by atoms with E-state index >= 15 is 0 Å². The molecule has 130 valence electrons. The molecule has 0 bridgehead atoms. The van der Waals surface area contributed by atoms with Crippen molar-refractivity contribution >= 4 is 28.5 Å². The van der Waals surface area contributed by atoms with Crippen molar-refractivity contribution in [1.29, 1.82) is 0 Å². The summed E-state index contributed by atoms with van der Waals surface area (Å²) in [5, 5.41) is 4.04. The van der Waals surface area contributed by atoms with Crippen LogP contribution in [0.4, 0.5) is 10.2 Å². The maximum Gasteiger partial charge on any atom is 0.137 e. The number of halogens is 1. The first-order valence-corrected chi connectivity index (χ1v) is 9.04. The van der Waals surface area contributed by atoms with Gasteiger partial charge in [-0.3, -0.25) is 0 Å². The molecule has 1 aromatic heterocycles. The molecule has 0 aliphatic rings. The third kappa shape index (κ3) is 4.46. The Hall–Kier alpha value is -2.18. The second kappa shape index (κ2) is 8.27. The summed E-state index contributed by atoms with van der Waals surface area (Å²) in [7, 11) is 1.71. The Morgan fingerprint density at radius 2 is 1.96 bits per heavy atom. The van der Waals surface area contributed by atoms with Gasteiger partial charge in [-0.05, 0) is 42.8 Å². The molecule has 1 unspecified atom stereocenters. The van der Waals surface area contributed by atoms with Crippen LogP contribution in [0, 0.1) is 5.82 Å². The summed E-state index contributed by atoms with van der Waals surface area (Å²) >= 11 is 1.77. The molecule has 0 fully saturated rings. The molecule has 0 saturated carbocycles. The maximum atomic E-state index is 13.6. The van der Waals surface area contributed by atoms with Gasteiger partial charge in [0, 0.05) is 29.2 Å².